The molecule has 1 aromatic heterocycles. The predicted octanol–water partition coefficient (Wildman–Crippen LogP) is 3.37. The molecule has 1 fully saturated rings. The van der Waals surface area contributed by atoms with Gasteiger partial charge >= 0.3 is 0 Å². The Morgan fingerprint density at radius 1 is 1.38 bits per heavy atom. The highest BCUT2D eigenvalue weighted by atomic mass is 16.5. The fourth-order valence-electron chi connectivity index (χ4n) is 3.48. The molecule has 0 aliphatic carbocycles. The smallest absolute Gasteiger partial charge is 0.289 e. The number of likely N-dealkylation sites (tertiary alicyclic amines) is 1. The van der Waals surface area contributed by atoms with Crippen molar-refractivity contribution in [2.75, 3.05) is 26.8 Å². The Hall–Kier alpha value is -2.01. The lowest BCUT2D eigenvalue weighted by Gasteiger charge is -2.40. The Labute approximate surface area is 142 Å². The molecule has 130 valence electrons. The number of fused-ring (bicyclic) bond motifs is 1. The molecule has 2 aromatic rings. The number of aliphatic hydroxyl groups is 1. The lowest BCUT2D eigenvalue weighted by molar-refractivity contribution is 0.0321. The van der Waals surface area contributed by atoms with Gasteiger partial charge in [0, 0.05) is 30.6 Å². The first-order valence-corrected chi connectivity index (χ1v) is 8.51. The summed E-state index contributed by atoms with van der Waals surface area (Å²) in [5.41, 5.74) is 1.52. The predicted molar refractivity (Wildman–Crippen MR) is 92.5 cm³/mol. The molecular formula is C19H25NO4. The molecular weight excluding hydrogens is 306 g/mol. The van der Waals surface area contributed by atoms with E-state index in [0.29, 0.717) is 24.4 Å². The Morgan fingerprint density at radius 3 is 2.67 bits per heavy atom. The summed E-state index contributed by atoms with van der Waals surface area (Å²) < 4.78 is 11.1. The van der Waals surface area contributed by atoms with Crippen LogP contribution in [-0.4, -0.2) is 42.7 Å². The van der Waals surface area contributed by atoms with Gasteiger partial charge in [-0.05, 0) is 49.8 Å². The fourth-order valence-corrected chi connectivity index (χ4v) is 3.48. The van der Waals surface area contributed by atoms with E-state index in [4.69, 9.17) is 9.15 Å². The average Bonchev–Trinajstić information content (AvgIpc) is 2.97. The van der Waals surface area contributed by atoms with E-state index in [1.165, 1.54) is 0 Å². The lowest BCUT2D eigenvalue weighted by Crippen LogP contribution is -2.44. The third-order valence-corrected chi connectivity index (χ3v) is 5.53. The summed E-state index contributed by atoms with van der Waals surface area (Å²) in [7, 11) is 1.62. The van der Waals surface area contributed by atoms with E-state index in [1.807, 2.05) is 30.0 Å². The number of piperidine rings is 1. The highest BCUT2D eigenvalue weighted by Gasteiger charge is 2.35. The molecule has 0 bridgehead atoms. The highest BCUT2D eigenvalue weighted by molar-refractivity contribution is 5.99. The molecule has 0 radical (unpaired) electrons. The number of rotatable bonds is 4. The van der Waals surface area contributed by atoms with E-state index >= 15 is 0 Å². The van der Waals surface area contributed by atoms with Crippen molar-refractivity contribution in [3.05, 3.63) is 29.5 Å². The quantitative estimate of drug-likeness (QED) is 0.933. The molecule has 5 nitrogen and oxygen atoms in total. The Morgan fingerprint density at radius 2 is 2.08 bits per heavy atom. The summed E-state index contributed by atoms with van der Waals surface area (Å²) in [5.74, 6) is 1.09. The van der Waals surface area contributed by atoms with Crippen molar-refractivity contribution in [3.8, 4) is 5.75 Å². The van der Waals surface area contributed by atoms with Crippen molar-refractivity contribution >= 4 is 16.9 Å². The monoisotopic (exact) mass is 331 g/mol. The zero-order chi connectivity index (χ0) is 17.3. The molecule has 3 rings (SSSR count). The number of aryl methyl sites for hydroxylation is 1. The van der Waals surface area contributed by atoms with E-state index in [1.54, 1.807) is 7.11 Å². The van der Waals surface area contributed by atoms with Gasteiger partial charge in [0.05, 0.1) is 7.11 Å². The van der Waals surface area contributed by atoms with Crippen molar-refractivity contribution in [3.63, 3.8) is 0 Å². The minimum atomic E-state index is -0.0645. The molecule has 1 aromatic carbocycles. The molecule has 1 N–H and O–H groups in total. The number of carbonyl (C=O) groups excluding carboxylic acids is 1. The van der Waals surface area contributed by atoms with E-state index in [2.05, 4.69) is 6.92 Å². The first-order valence-electron chi connectivity index (χ1n) is 8.51. The van der Waals surface area contributed by atoms with Gasteiger partial charge in [-0.15, -0.1) is 0 Å². The zero-order valence-electron chi connectivity index (χ0n) is 14.6. The second-order valence-corrected chi connectivity index (χ2v) is 6.72. The van der Waals surface area contributed by atoms with Crippen LogP contribution in [0.15, 0.2) is 22.6 Å². The second kappa shape index (κ2) is 6.48. The zero-order valence-corrected chi connectivity index (χ0v) is 14.6. The number of furan rings is 1. The van der Waals surface area contributed by atoms with Crippen molar-refractivity contribution in [2.45, 2.75) is 33.1 Å². The third kappa shape index (κ3) is 2.77. The maximum absolute atomic E-state index is 12.9. The van der Waals surface area contributed by atoms with Crippen LogP contribution in [0.2, 0.25) is 0 Å². The van der Waals surface area contributed by atoms with E-state index in [9.17, 15) is 9.90 Å². The number of amides is 1. The van der Waals surface area contributed by atoms with Gasteiger partial charge in [-0.1, -0.05) is 6.92 Å². The number of nitrogens with zero attached hydrogens (tertiary/aromatic N) is 1. The van der Waals surface area contributed by atoms with Crippen molar-refractivity contribution in [2.24, 2.45) is 5.41 Å². The van der Waals surface area contributed by atoms with Crippen LogP contribution in [0, 0.1) is 12.3 Å². The van der Waals surface area contributed by atoms with Gasteiger partial charge < -0.3 is 19.2 Å². The molecule has 1 amide bonds. The Bertz CT molecular complexity index is 735. The first-order chi connectivity index (χ1) is 11.5. The Balaban J connectivity index is 1.83. The van der Waals surface area contributed by atoms with Crippen molar-refractivity contribution in [1.82, 2.24) is 4.90 Å². The lowest BCUT2D eigenvalue weighted by atomic mass is 9.77. The number of hydrogen-bond donors (Lipinski definition) is 1. The third-order valence-electron chi connectivity index (χ3n) is 5.53. The summed E-state index contributed by atoms with van der Waals surface area (Å²) in [6, 6.07) is 5.56. The van der Waals surface area contributed by atoms with Crippen LogP contribution in [0.3, 0.4) is 0 Å². The molecule has 24 heavy (non-hydrogen) atoms. The van der Waals surface area contributed by atoms with Gasteiger partial charge in [0.25, 0.3) is 5.91 Å². The number of carbonyl (C=O) groups is 1. The molecule has 0 saturated carbocycles. The summed E-state index contributed by atoms with van der Waals surface area (Å²) in [6.07, 6.45) is 2.60. The number of ether oxygens (including phenoxy) is 1. The molecule has 1 saturated heterocycles. The van der Waals surface area contributed by atoms with Gasteiger partial charge in [0.1, 0.15) is 11.3 Å². The second-order valence-electron chi connectivity index (χ2n) is 6.72. The number of hydrogen-bond acceptors (Lipinski definition) is 4. The number of methoxy groups -OCH3 is 1. The topological polar surface area (TPSA) is 62.9 Å². The molecule has 0 spiro atoms. The minimum absolute atomic E-state index is 0.0347. The van der Waals surface area contributed by atoms with E-state index < -0.39 is 0 Å². The minimum Gasteiger partial charge on any atom is -0.497 e. The summed E-state index contributed by atoms with van der Waals surface area (Å²) in [6.45, 7) is 5.52. The van der Waals surface area contributed by atoms with E-state index in [0.717, 1.165) is 36.0 Å². The van der Waals surface area contributed by atoms with Gasteiger partial charge in [-0.25, -0.2) is 0 Å². The van der Waals surface area contributed by atoms with Crippen LogP contribution < -0.4 is 4.74 Å². The maximum atomic E-state index is 12.9. The standard InChI is InChI=1S/C19H25NO4/c1-4-19(12-21)7-9-20(10-8-19)18(22)17-13(2)15-11-14(23-3)5-6-16(15)24-17/h5-6,11,21H,4,7-10,12H2,1-3H3. The van der Waals surface area contributed by atoms with Crippen LogP contribution in [-0.2, 0) is 0 Å². The molecule has 1 aliphatic heterocycles. The van der Waals surface area contributed by atoms with E-state index in [-0.39, 0.29) is 17.9 Å². The molecule has 0 unspecified atom stereocenters. The SMILES string of the molecule is CCC1(CO)CCN(C(=O)c2oc3ccc(OC)cc3c2C)CC1. The summed E-state index contributed by atoms with van der Waals surface area (Å²) in [5, 5.41) is 10.5. The van der Waals surface area contributed by atoms with Crippen molar-refractivity contribution in [1.29, 1.82) is 0 Å². The van der Waals surface area contributed by atoms with Crippen LogP contribution in [0.4, 0.5) is 0 Å². The Kier molecular flexibility index (Phi) is 4.54. The van der Waals surface area contributed by atoms with Crippen LogP contribution in [0.25, 0.3) is 11.0 Å². The summed E-state index contributed by atoms with van der Waals surface area (Å²) >= 11 is 0. The molecule has 1 aliphatic rings. The van der Waals surface area contributed by atoms with Crippen LogP contribution in [0.5, 0.6) is 5.75 Å². The molecule has 2 heterocycles. The van der Waals surface area contributed by atoms with Gasteiger partial charge in [-0.2, -0.15) is 0 Å². The molecule has 5 heteroatoms. The van der Waals surface area contributed by atoms with Gasteiger partial charge in [-0.3, -0.25) is 4.79 Å². The fraction of sp³-hybridized carbons (Fsp3) is 0.526. The average molecular weight is 331 g/mol. The number of benzene rings is 1. The van der Waals surface area contributed by atoms with Gasteiger partial charge in [0.2, 0.25) is 0 Å². The van der Waals surface area contributed by atoms with Crippen LogP contribution in [0.1, 0.15) is 42.3 Å². The largest absolute Gasteiger partial charge is 0.497 e. The maximum Gasteiger partial charge on any atom is 0.289 e. The molecule has 0 atom stereocenters. The van der Waals surface area contributed by atoms with Crippen molar-refractivity contribution < 1.29 is 19.1 Å². The highest BCUT2D eigenvalue weighted by Crippen LogP contribution is 2.35. The van der Waals surface area contributed by atoms with Gasteiger partial charge in [0.15, 0.2) is 5.76 Å². The normalized spacial score (nSPS) is 17.2. The van der Waals surface area contributed by atoms with Crippen LogP contribution >= 0.6 is 0 Å². The number of aliphatic hydroxyl groups excluding tert-OH is 1. The summed E-state index contributed by atoms with van der Waals surface area (Å²) in [4.78, 5) is 14.7. The first kappa shape index (κ1) is 16.8.